The number of para-hydroxylation sites is 1. The van der Waals surface area contributed by atoms with Crippen LogP contribution in [-0.2, 0) is 21.2 Å². The molecule has 0 aliphatic carbocycles. The molecule has 1 aromatic rings. The molecule has 0 bridgehead atoms. The van der Waals surface area contributed by atoms with Crippen LogP contribution in [0.2, 0.25) is 0 Å². The molecule has 0 radical (unpaired) electrons. The Morgan fingerprint density at radius 2 is 2.15 bits per heavy atom. The van der Waals surface area contributed by atoms with Crippen molar-refractivity contribution in [3.8, 4) is 5.75 Å². The summed E-state index contributed by atoms with van der Waals surface area (Å²) < 4.78 is 29.7. The Kier molecular flexibility index (Phi) is 4.61. The molecule has 1 aromatic carbocycles. The molecular formula is C13H18N2O4S. The van der Waals surface area contributed by atoms with Crippen LogP contribution >= 0.6 is 0 Å². The van der Waals surface area contributed by atoms with E-state index in [1.54, 1.807) is 0 Å². The summed E-state index contributed by atoms with van der Waals surface area (Å²) in [6.45, 7) is 0.531. The van der Waals surface area contributed by atoms with Crippen molar-refractivity contribution in [1.82, 2.24) is 10.0 Å². The summed E-state index contributed by atoms with van der Waals surface area (Å²) in [5, 5.41) is 2.75. The maximum absolute atomic E-state index is 11.6. The maximum atomic E-state index is 11.6. The van der Waals surface area contributed by atoms with E-state index in [0.717, 1.165) is 24.0 Å². The molecule has 1 aliphatic heterocycles. The molecule has 20 heavy (non-hydrogen) atoms. The van der Waals surface area contributed by atoms with E-state index in [9.17, 15) is 13.2 Å². The van der Waals surface area contributed by atoms with Gasteiger partial charge in [0.25, 0.3) is 0 Å². The quantitative estimate of drug-likeness (QED) is 0.777. The first-order valence-electron chi connectivity index (χ1n) is 6.40. The van der Waals surface area contributed by atoms with Crippen molar-refractivity contribution in [1.29, 1.82) is 0 Å². The third kappa shape index (κ3) is 4.50. The van der Waals surface area contributed by atoms with Crippen molar-refractivity contribution < 1.29 is 17.9 Å². The van der Waals surface area contributed by atoms with Gasteiger partial charge in [-0.3, -0.25) is 4.79 Å². The zero-order valence-electron chi connectivity index (χ0n) is 11.3. The highest BCUT2D eigenvalue weighted by atomic mass is 32.2. The molecule has 0 saturated heterocycles. The van der Waals surface area contributed by atoms with Gasteiger partial charge in [-0.15, -0.1) is 0 Å². The first-order valence-corrected chi connectivity index (χ1v) is 8.29. The summed E-state index contributed by atoms with van der Waals surface area (Å²) in [7, 11) is -3.24. The van der Waals surface area contributed by atoms with Gasteiger partial charge in [-0.2, -0.15) is 0 Å². The Hall–Kier alpha value is -1.60. The second-order valence-electron chi connectivity index (χ2n) is 4.77. The summed E-state index contributed by atoms with van der Waals surface area (Å²) in [6, 6.07) is 7.79. The number of ether oxygens (including phenoxy) is 1. The second kappa shape index (κ2) is 6.23. The minimum absolute atomic E-state index is 0.0563. The van der Waals surface area contributed by atoms with Crippen LogP contribution in [0.5, 0.6) is 5.75 Å². The highest BCUT2D eigenvalue weighted by molar-refractivity contribution is 7.88. The van der Waals surface area contributed by atoms with Crippen molar-refractivity contribution in [2.24, 2.45) is 0 Å². The number of sulfonamides is 1. The lowest BCUT2D eigenvalue weighted by molar-refractivity contribution is -0.121. The maximum Gasteiger partial charge on any atom is 0.221 e. The summed E-state index contributed by atoms with van der Waals surface area (Å²) in [5.74, 6) is 0.672. The Balaban J connectivity index is 1.68. The van der Waals surface area contributed by atoms with Gasteiger partial charge in [-0.05, 0) is 11.6 Å². The number of hydrogen-bond acceptors (Lipinski definition) is 4. The molecule has 7 heteroatoms. The smallest absolute Gasteiger partial charge is 0.221 e. The molecule has 1 aliphatic rings. The largest absolute Gasteiger partial charge is 0.488 e. The number of carbonyl (C=O) groups is 1. The Morgan fingerprint density at radius 1 is 1.40 bits per heavy atom. The summed E-state index contributed by atoms with van der Waals surface area (Å²) in [5.41, 5.74) is 1.14. The van der Waals surface area contributed by atoms with E-state index < -0.39 is 10.0 Å². The lowest BCUT2D eigenvalue weighted by atomic mass is 10.1. The lowest BCUT2D eigenvalue weighted by Gasteiger charge is -2.12. The van der Waals surface area contributed by atoms with Gasteiger partial charge in [0.1, 0.15) is 11.9 Å². The molecule has 2 rings (SSSR count). The molecule has 0 saturated carbocycles. The molecule has 6 nitrogen and oxygen atoms in total. The fourth-order valence-electron chi connectivity index (χ4n) is 2.03. The van der Waals surface area contributed by atoms with E-state index >= 15 is 0 Å². The monoisotopic (exact) mass is 298 g/mol. The SMILES string of the molecule is CS(=O)(=O)NCCC(=O)NC[C@@H]1Cc2ccccc2O1. The average Bonchev–Trinajstić information content (AvgIpc) is 2.77. The Bertz CT molecular complexity index is 561. The van der Waals surface area contributed by atoms with Crippen LogP contribution in [-0.4, -0.2) is 39.8 Å². The van der Waals surface area contributed by atoms with Gasteiger partial charge in [0.05, 0.1) is 12.8 Å². The van der Waals surface area contributed by atoms with Crippen molar-refractivity contribution in [2.45, 2.75) is 18.9 Å². The highest BCUT2D eigenvalue weighted by Gasteiger charge is 2.22. The molecule has 2 N–H and O–H groups in total. The van der Waals surface area contributed by atoms with Crippen LogP contribution in [0.3, 0.4) is 0 Å². The number of rotatable bonds is 6. The van der Waals surface area contributed by atoms with Gasteiger partial charge in [-0.25, -0.2) is 13.1 Å². The van der Waals surface area contributed by atoms with Gasteiger partial charge in [0, 0.05) is 19.4 Å². The highest BCUT2D eigenvalue weighted by Crippen LogP contribution is 2.27. The normalized spacial score (nSPS) is 17.4. The molecule has 1 heterocycles. The van der Waals surface area contributed by atoms with Gasteiger partial charge < -0.3 is 10.1 Å². The summed E-state index contributed by atoms with van der Waals surface area (Å²) >= 11 is 0. The standard InChI is InChI=1S/C13H18N2O4S/c1-20(17,18)15-7-6-13(16)14-9-11-8-10-4-2-3-5-12(10)19-11/h2-5,11,15H,6-9H2,1H3,(H,14,16)/t11-/m0/s1. The van der Waals surface area contributed by atoms with E-state index in [1.165, 1.54) is 0 Å². The van der Waals surface area contributed by atoms with E-state index in [0.29, 0.717) is 6.54 Å². The predicted molar refractivity (Wildman–Crippen MR) is 75.0 cm³/mol. The minimum atomic E-state index is -3.24. The number of amides is 1. The third-order valence-corrected chi connectivity index (χ3v) is 3.69. The van der Waals surface area contributed by atoms with Gasteiger partial charge in [-0.1, -0.05) is 18.2 Å². The molecule has 1 amide bonds. The van der Waals surface area contributed by atoms with E-state index in [1.807, 2.05) is 24.3 Å². The number of fused-ring (bicyclic) bond motifs is 1. The van der Waals surface area contributed by atoms with Crippen LogP contribution < -0.4 is 14.8 Å². The van der Waals surface area contributed by atoms with Crippen molar-refractivity contribution in [2.75, 3.05) is 19.3 Å². The molecule has 0 fully saturated rings. The number of nitrogens with one attached hydrogen (secondary N) is 2. The third-order valence-electron chi connectivity index (χ3n) is 2.96. The average molecular weight is 298 g/mol. The molecular weight excluding hydrogens is 280 g/mol. The minimum Gasteiger partial charge on any atom is -0.488 e. The Labute approximate surface area is 118 Å². The van der Waals surface area contributed by atoms with Crippen LogP contribution in [0.1, 0.15) is 12.0 Å². The Morgan fingerprint density at radius 3 is 2.85 bits per heavy atom. The van der Waals surface area contributed by atoms with E-state index in [4.69, 9.17) is 4.74 Å². The summed E-state index contributed by atoms with van der Waals surface area (Å²) in [6.07, 6.45) is 1.90. The van der Waals surface area contributed by atoms with Crippen LogP contribution in [0.25, 0.3) is 0 Å². The first-order chi connectivity index (χ1) is 9.44. The van der Waals surface area contributed by atoms with Gasteiger partial charge >= 0.3 is 0 Å². The number of benzene rings is 1. The zero-order chi connectivity index (χ0) is 14.6. The second-order valence-corrected chi connectivity index (χ2v) is 6.61. The van der Waals surface area contributed by atoms with Crippen LogP contribution in [0.15, 0.2) is 24.3 Å². The van der Waals surface area contributed by atoms with Gasteiger partial charge in [0.2, 0.25) is 15.9 Å². The number of carbonyl (C=O) groups excluding carboxylic acids is 1. The van der Waals surface area contributed by atoms with E-state index in [2.05, 4.69) is 10.0 Å². The molecule has 0 aromatic heterocycles. The van der Waals surface area contributed by atoms with Crippen molar-refractivity contribution in [3.63, 3.8) is 0 Å². The number of hydrogen-bond donors (Lipinski definition) is 2. The lowest BCUT2D eigenvalue weighted by Crippen LogP contribution is -2.36. The summed E-state index contributed by atoms with van der Waals surface area (Å²) in [4.78, 5) is 11.6. The van der Waals surface area contributed by atoms with Crippen molar-refractivity contribution >= 4 is 15.9 Å². The van der Waals surface area contributed by atoms with Crippen molar-refractivity contribution in [3.05, 3.63) is 29.8 Å². The topological polar surface area (TPSA) is 84.5 Å². The molecule has 0 unspecified atom stereocenters. The van der Waals surface area contributed by atoms with Crippen LogP contribution in [0.4, 0.5) is 0 Å². The first kappa shape index (κ1) is 14.8. The van der Waals surface area contributed by atoms with E-state index in [-0.39, 0.29) is 25.0 Å². The molecule has 1 atom stereocenters. The molecule has 0 spiro atoms. The van der Waals surface area contributed by atoms with Gasteiger partial charge in [0.15, 0.2) is 0 Å². The fourth-order valence-corrected chi connectivity index (χ4v) is 2.51. The predicted octanol–water partition coefficient (Wildman–Crippen LogP) is 0.0456. The van der Waals surface area contributed by atoms with Crippen LogP contribution in [0, 0.1) is 0 Å². The fraction of sp³-hybridized carbons (Fsp3) is 0.462. The zero-order valence-corrected chi connectivity index (χ0v) is 12.1. The molecule has 110 valence electrons.